The van der Waals surface area contributed by atoms with Crippen LogP contribution in [0.3, 0.4) is 0 Å². The van der Waals surface area contributed by atoms with Crippen LogP contribution in [-0.4, -0.2) is 6.61 Å². The van der Waals surface area contributed by atoms with Crippen molar-refractivity contribution in [3.05, 3.63) is 30.3 Å². The van der Waals surface area contributed by atoms with Gasteiger partial charge in [0.1, 0.15) is 5.75 Å². The summed E-state index contributed by atoms with van der Waals surface area (Å²) < 4.78 is 5.93. The second-order valence-corrected chi connectivity index (χ2v) is 6.80. The van der Waals surface area contributed by atoms with Gasteiger partial charge in [-0.05, 0) is 55.6 Å². The van der Waals surface area contributed by atoms with E-state index in [1.54, 1.807) is 0 Å². The second-order valence-electron chi connectivity index (χ2n) is 6.80. The molecule has 0 N–H and O–H groups in total. The number of ether oxygens (including phenoxy) is 1. The summed E-state index contributed by atoms with van der Waals surface area (Å²) in [5.74, 6) is 3.90. The molecule has 0 radical (unpaired) electrons. The van der Waals surface area contributed by atoms with E-state index >= 15 is 0 Å². The van der Waals surface area contributed by atoms with Crippen molar-refractivity contribution in [1.29, 1.82) is 0 Å². The number of para-hydroxylation sites is 1. The highest BCUT2D eigenvalue weighted by molar-refractivity contribution is 5.20. The predicted octanol–water partition coefficient (Wildman–Crippen LogP) is 5.45. The van der Waals surface area contributed by atoms with Crippen LogP contribution in [0.2, 0.25) is 0 Å². The summed E-state index contributed by atoms with van der Waals surface area (Å²) >= 11 is 0. The van der Waals surface area contributed by atoms with Crippen molar-refractivity contribution < 1.29 is 4.74 Å². The summed E-state index contributed by atoms with van der Waals surface area (Å²) in [6.07, 6.45) is 13.1. The second kappa shape index (κ2) is 7.15. The molecular formula is C19H28O. The van der Waals surface area contributed by atoms with Gasteiger partial charge >= 0.3 is 0 Å². The fourth-order valence-corrected chi connectivity index (χ4v) is 4.16. The molecule has 1 aromatic rings. The fourth-order valence-electron chi connectivity index (χ4n) is 4.16. The zero-order chi connectivity index (χ0) is 13.6. The zero-order valence-electron chi connectivity index (χ0n) is 12.6. The molecule has 2 fully saturated rings. The lowest BCUT2D eigenvalue weighted by Crippen LogP contribution is -2.26. The Morgan fingerprint density at radius 2 is 1.40 bits per heavy atom. The summed E-state index contributed by atoms with van der Waals surface area (Å²) in [6.45, 7) is 0.918. The molecule has 0 saturated heterocycles. The molecule has 1 heteroatoms. The first-order valence-electron chi connectivity index (χ1n) is 8.59. The van der Waals surface area contributed by atoms with E-state index in [1.807, 2.05) is 6.07 Å². The van der Waals surface area contributed by atoms with Gasteiger partial charge in [-0.2, -0.15) is 0 Å². The first-order valence-corrected chi connectivity index (χ1v) is 8.59. The third-order valence-electron chi connectivity index (χ3n) is 5.44. The average Bonchev–Trinajstić information content (AvgIpc) is 2.55. The van der Waals surface area contributed by atoms with Gasteiger partial charge in [-0.1, -0.05) is 50.3 Å². The third-order valence-corrected chi connectivity index (χ3v) is 5.44. The van der Waals surface area contributed by atoms with Crippen molar-refractivity contribution in [3.63, 3.8) is 0 Å². The molecular weight excluding hydrogens is 244 g/mol. The fraction of sp³-hybridized carbons (Fsp3) is 0.684. The van der Waals surface area contributed by atoms with Crippen molar-refractivity contribution in [2.24, 2.45) is 17.8 Å². The van der Waals surface area contributed by atoms with Gasteiger partial charge in [0.05, 0.1) is 6.61 Å². The summed E-state index contributed by atoms with van der Waals surface area (Å²) in [4.78, 5) is 0. The van der Waals surface area contributed by atoms with Gasteiger partial charge in [-0.3, -0.25) is 0 Å². The molecule has 0 aliphatic heterocycles. The number of benzene rings is 1. The van der Waals surface area contributed by atoms with E-state index in [1.165, 1.54) is 57.8 Å². The zero-order valence-corrected chi connectivity index (χ0v) is 12.6. The minimum absolute atomic E-state index is 0.787. The Morgan fingerprint density at radius 3 is 2.10 bits per heavy atom. The summed E-state index contributed by atoms with van der Waals surface area (Å²) in [7, 11) is 0. The molecule has 2 saturated carbocycles. The minimum Gasteiger partial charge on any atom is -0.493 e. The number of hydrogen-bond donors (Lipinski definition) is 0. The maximum absolute atomic E-state index is 5.93. The molecule has 0 unspecified atom stereocenters. The lowest BCUT2D eigenvalue weighted by Gasteiger charge is -2.35. The maximum Gasteiger partial charge on any atom is 0.119 e. The highest BCUT2D eigenvalue weighted by atomic mass is 16.5. The monoisotopic (exact) mass is 272 g/mol. The van der Waals surface area contributed by atoms with Crippen LogP contribution < -0.4 is 4.74 Å². The lowest BCUT2D eigenvalue weighted by atomic mass is 9.71. The Balaban J connectivity index is 1.40. The van der Waals surface area contributed by atoms with E-state index in [0.29, 0.717) is 0 Å². The number of hydrogen-bond acceptors (Lipinski definition) is 1. The van der Waals surface area contributed by atoms with Crippen LogP contribution in [0.25, 0.3) is 0 Å². The molecule has 0 atom stereocenters. The first-order chi connectivity index (χ1) is 9.92. The van der Waals surface area contributed by atoms with Crippen LogP contribution in [0.5, 0.6) is 5.75 Å². The third kappa shape index (κ3) is 3.77. The maximum atomic E-state index is 5.93. The van der Waals surface area contributed by atoms with Gasteiger partial charge in [-0.15, -0.1) is 0 Å². The molecule has 20 heavy (non-hydrogen) atoms. The van der Waals surface area contributed by atoms with Gasteiger partial charge in [0.15, 0.2) is 0 Å². The predicted molar refractivity (Wildman–Crippen MR) is 84.0 cm³/mol. The molecule has 0 amide bonds. The van der Waals surface area contributed by atoms with E-state index < -0.39 is 0 Å². The van der Waals surface area contributed by atoms with Gasteiger partial charge in [0.25, 0.3) is 0 Å². The lowest BCUT2D eigenvalue weighted by molar-refractivity contribution is 0.135. The van der Waals surface area contributed by atoms with Crippen molar-refractivity contribution in [2.75, 3.05) is 6.61 Å². The highest BCUT2D eigenvalue weighted by Gasteiger charge is 2.28. The Bertz CT molecular complexity index is 372. The van der Waals surface area contributed by atoms with E-state index in [0.717, 1.165) is 30.1 Å². The van der Waals surface area contributed by atoms with E-state index in [4.69, 9.17) is 4.74 Å². The van der Waals surface area contributed by atoms with Crippen molar-refractivity contribution >= 4 is 0 Å². The molecule has 2 aliphatic rings. The van der Waals surface area contributed by atoms with Gasteiger partial charge in [0.2, 0.25) is 0 Å². The Kier molecular flexibility index (Phi) is 5.00. The summed E-state index contributed by atoms with van der Waals surface area (Å²) in [5.41, 5.74) is 0. The average molecular weight is 272 g/mol. The molecule has 1 nitrogen and oxygen atoms in total. The van der Waals surface area contributed by atoms with Gasteiger partial charge in [-0.25, -0.2) is 0 Å². The quantitative estimate of drug-likeness (QED) is 0.708. The molecule has 3 rings (SSSR count). The van der Waals surface area contributed by atoms with Crippen LogP contribution in [0, 0.1) is 17.8 Å². The molecule has 0 bridgehead atoms. The van der Waals surface area contributed by atoms with E-state index in [9.17, 15) is 0 Å². The Labute approximate surface area is 123 Å². The van der Waals surface area contributed by atoms with Crippen LogP contribution in [0.1, 0.15) is 57.8 Å². The molecule has 2 aliphatic carbocycles. The SMILES string of the molecule is c1ccc(OCC2CCC(C3CCCCC3)CC2)cc1. The van der Waals surface area contributed by atoms with Crippen molar-refractivity contribution in [3.8, 4) is 5.75 Å². The molecule has 1 aromatic carbocycles. The van der Waals surface area contributed by atoms with E-state index in [2.05, 4.69) is 24.3 Å². The Hall–Kier alpha value is -0.980. The van der Waals surface area contributed by atoms with Gasteiger partial charge in [0, 0.05) is 0 Å². The van der Waals surface area contributed by atoms with Crippen LogP contribution in [0.4, 0.5) is 0 Å². The molecule has 0 spiro atoms. The summed E-state index contributed by atoms with van der Waals surface area (Å²) in [5, 5.41) is 0. The van der Waals surface area contributed by atoms with Crippen molar-refractivity contribution in [1.82, 2.24) is 0 Å². The normalized spacial score (nSPS) is 28.2. The molecule has 0 heterocycles. The minimum atomic E-state index is 0.787. The molecule has 0 aromatic heterocycles. The van der Waals surface area contributed by atoms with Crippen LogP contribution >= 0.6 is 0 Å². The first kappa shape index (κ1) is 14.0. The highest BCUT2D eigenvalue weighted by Crippen LogP contribution is 2.39. The van der Waals surface area contributed by atoms with E-state index in [-0.39, 0.29) is 0 Å². The summed E-state index contributed by atoms with van der Waals surface area (Å²) in [6, 6.07) is 10.3. The molecule has 110 valence electrons. The van der Waals surface area contributed by atoms with Gasteiger partial charge < -0.3 is 4.74 Å². The van der Waals surface area contributed by atoms with Crippen LogP contribution in [-0.2, 0) is 0 Å². The number of rotatable bonds is 4. The topological polar surface area (TPSA) is 9.23 Å². The largest absolute Gasteiger partial charge is 0.493 e. The Morgan fingerprint density at radius 1 is 0.750 bits per heavy atom. The smallest absolute Gasteiger partial charge is 0.119 e. The standard InChI is InChI=1S/C19H28O/c1-3-7-17(8-4-1)18-13-11-16(12-14-18)15-20-19-9-5-2-6-10-19/h2,5-6,9-10,16-18H,1,3-4,7-8,11-15H2. The van der Waals surface area contributed by atoms with Crippen LogP contribution in [0.15, 0.2) is 30.3 Å². The van der Waals surface area contributed by atoms with Crippen molar-refractivity contribution in [2.45, 2.75) is 57.8 Å².